The molecule has 0 aliphatic heterocycles. The molecule has 3 aliphatic rings. The van der Waals surface area contributed by atoms with Gasteiger partial charge in [-0.2, -0.15) is 0 Å². The third-order valence-electron chi connectivity index (χ3n) is 13.6. The van der Waals surface area contributed by atoms with Crippen LogP contribution in [0.4, 0.5) is 17.1 Å². The molecule has 0 radical (unpaired) electrons. The smallest absolute Gasteiger partial charge is 0.137 e. The van der Waals surface area contributed by atoms with Gasteiger partial charge in [-0.05, 0) is 130 Å². The largest absolute Gasteiger partial charge is 0.456 e. The molecule has 2 bridgehead atoms. The summed E-state index contributed by atoms with van der Waals surface area (Å²) in [7, 11) is 0. The number of furan rings is 1. The number of anilines is 3. The quantitative estimate of drug-likeness (QED) is 0.169. The van der Waals surface area contributed by atoms with Gasteiger partial charge >= 0.3 is 0 Å². The Labute approximate surface area is 333 Å². The van der Waals surface area contributed by atoms with Crippen LogP contribution in [0, 0.1) is 11.8 Å². The molecule has 1 heterocycles. The highest BCUT2D eigenvalue weighted by Crippen LogP contribution is 2.65. The minimum absolute atomic E-state index is 0.163. The van der Waals surface area contributed by atoms with Gasteiger partial charge in [0.05, 0.1) is 5.69 Å². The Morgan fingerprint density at radius 2 is 1.09 bits per heavy atom. The van der Waals surface area contributed by atoms with Crippen molar-refractivity contribution in [3.8, 4) is 44.5 Å². The normalized spacial score (nSPS) is 19.0. The fourth-order valence-corrected chi connectivity index (χ4v) is 11.0. The highest BCUT2D eigenvalue weighted by Gasteiger charge is 2.56. The predicted molar refractivity (Wildman–Crippen MR) is 236 cm³/mol. The first-order chi connectivity index (χ1) is 28.2. The van der Waals surface area contributed by atoms with Crippen LogP contribution in [0.1, 0.15) is 36.8 Å². The average Bonchev–Trinajstić information content (AvgIpc) is 4.06. The first kappa shape index (κ1) is 32.6. The van der Waals surface area contributed by atoms with E-state index in [9.17, 15) is 0 Å². The lowest BCUT2D eigenvalue weighted by atomic mass is 9.66. The van der Waals surface area contributed by atoms with Crippen LogP contribution in [0.25, 0.3) is 66.4 Å². The van der Waals surface area contributed by atoms with E-state index in [0.29, 0.717) is 0 Å². The zero-order chi connectivity index (χ0) is 37.5. The predicted octanol–water partition coefficient (Wildman–Crippen LogP) is 15.1. The van der Waals surface area contributed by atoms with E-state index in [4.69, 9.17) is 4.42 Å². The first-order valence-corrected chi connectivity index (χ1v) is 20.5. The van der Waals surface area contributed by atoms with Crippen molar-refractivity contribution >= 4 is 39.0 Å². The van der Waals surface area contributed by atoms with Gasteiger partial charge in [-0.15, -0.1) is 0 Å². The van der Waals surface area contributed by atoms with Crippen molar-refractivity contribution in [1.82, 2.24) is 0 Å². The van der Waals surface area contributed by atoms with Gasteiger partial charge in [0.2, 0.25) is 0 Å². The molecule has 2 fully saturated rings. The minimum Gasteiger partial charge on any atom is -0.456 e. The van der Waals surface area contributed by atoms with Crippen molar-refractivity contribution in [2.45, 2.75) is 31.1 Å². The summed E-state index contributed by atoms with van der Waals surface area (Å²) in [5.74, 6) is 1.59. The summed E-state index contributed by atoms with van der Waals surface area (Å²) >= 11 is 0. The van der Waals surface area contributed by atoms with Gasteiger partial charge in [-0.1, -0.05) is 140 Å². The second-order valence-corrected chi connectivity index (χ2v) is 16.5. The Morgan fingerprint density at radius 3 is 1.89 bits per heavy atom. The molecule has 2 nitrogen and oxygen atoms in total. The number of hydrogen-bond donors (Lipinski definition) is 0. The number of hydrogen-bond acceptors (Lipinski definition) is 2. The van der Waals surface area contributed by atoms with E-state index in [1.165, 1.54) is 70.2 Å². The molecule has 2 heteroatoms. The number of nitrogens with zero attached hydrogens (tertiary/aromatic N) is 1. The molecule has 57 heavy (non-hydrogen) atoms. The summed E-state index contributed by atoms with van der Waals surface area (Å²) in [6.45, 7) is 0. The summed E-state index contributed by atoms with van der Waals surface area (Å²) in [5, 5.41) is 2.26. The Morgan fingerprint density at radius 1 is 0.439 bits per heavy atom. The zero-order valence-electron chi connectivity index (χ0n) is 31.7. The van der Waals surface area contributed by atoms with Crippen LogP contribution in [-0.4, -0.2) is 0 Å². The molecule has 272 valence electrons. The van der Waals surface area contributed by atoms with Crippen LogP contribution in [-0.2, 0) is 5.41 Å². The summed E-state index contributed by atoms with van der Waals surface area (Å²) in [5.41, 5.74) is 18.5. The molecule has 2 saturated carbocycles. The summed E-state index contributed by atoms with van der Waals surface area (Å²) in [6.07, 6.45) is 5.41. The molecular weight excluding hydrogens is 691 g/mol. The Balaban J connectivity index is 1.00. The number of para-hydroxylation sites is 1. The highest BCUT2D eigenvalue weighted by atomic mass is 16.3. The SMILES string of the molecule is c1ccc(-c2ccc(N(c3ccc(-c4ccc5c(c4)C4(CC6CCC4C6)c4ccccc4-5)cc3)c3ccc4c(c3)oc3ccccc34)c(-c3ccccc3)c2)cc1. The Bertz CT molecular complexity index is 2980. The molecule has 0 amide bonds. The van der Waals surface area contributed by atoms with Gasteiger partial charge < -0.3 is 9.32 Å². The third-order valence-corrected chi connectivity index (χ3v) is 13.6. The summed E-state index contributed by atoms with van der Waals surface area (Å²) in [6, 6.07) is 69.1. The van der Waals surface area contributed by atoms with Crippen molar-refractivity contribution in [2.24, 2.45) is 11.8 Å². The van der Waals surface area contributed by atoms with E-state index in [0.717, 1.165) is 50.8 Å². The van der Waals surface area contributed by atoms with Gasteiger partial charge in [0.25, 0.3) is 0 Å². The molecule has 3 unspecified atom stereocenters. The molecule has 12 rings (SSSR count). The molecular formula is C55H41NO. The maximum Gasteiger partial charge on any atom is 0.137 e. The van der Waals surface area contributed by atoms with Crippen molar-refractivity contribution < 1.29 is 4.42 Å². The maximum atomic E-state index is 6.47. The van der Waals surface area contributed by atoms with Gasteiger partial charge in [0.1, 0.15) is 11.2 Å². The second-order valence-electron chi connectivity index (χ2n) is 16.5. The summed E-state index contributed by atoms with van der Waals surface area (Å²) < 4.78 is 6.47. The zero-order valence-corrected chi connectivity index (χ0v) is 31.7. The molecule has 0 N–H and O–H groups in total. The van der Waals surface area contributed by atoms with Crippen LogP contribution < -0.4 is 4.90 Å². The van der Waals surface area contributed by atoms with E-state index >= 15 is 0 Å². The third kappa shape index (κ3) is 5.03. The highest BCUT2D eigenvalue weighted by molar-refractivity contribution is 6.06. The number of rotatable bonds is 6. The van der Waals surface area contributed by atoms with Crippen molar-refractivity contribution in [2.75, 3.05) is 4.90 Å². The van der Waals surface area contributed by atoms with Gasteiger partial charge in [-0.25, -0.2) is 0 Å². The lowest BCUT2D eigenvalue weighted by Crippen LogP contribution is -2.31. The fraction of sp³-hybridized carbons (Fsp3) is 0.127. The average molecular weight is 732 g/mol. The first-order valence-electron chi connectivity index (χ1n) is 20.5. The van der Waals surface area contributed by atoms with E-state index in [1.807, 2.05) is 6.07 Å². The lowest BCUT2D eigenvalue weighted by molar-refractivity contribution is 0.327. The van der Waals surface area contributed by atoms with Crippen LogP contribution in [0.15, 0.2) is 192 Å². The Kier molecular flexibility index (Phi) is 7.26. The van der Waals surface area contributed by atoms with E-state index in [-0.39, 0.29) is 5.41 Å². The fourth-order valence-electron chi connectivity index (χ4n) is 11.0. The molecule has 1 spiro atoms. The van der Waals surface area contributed by atoms with E-state index < -0.39 is 0 Å². The van der Waals surface area contributed by atoms with Gasteiger partial charge in [0.15, 0.2) is 0 Å². The number of benzene rings is 8. The van der Waals surface area contributed by atoms with Crippen molar-refractivity contribution in [3.05, 3.63) is 199 Å². The van der Waals surface area contributed by atoms with Crippen molar-refractivity contribution in [1.29, 1.82) is 0 Å². The topological polar surface area (TPSA) is 16.4 Å². The van der Waals surface area contributed by atoms with E-state index in [1.54, 1.807) is 11.1 Å². The molecule has 0 saturated heterocycles. The minimum atomic E-state index is 0.163. The monoisotopic (exact) mass is 731 g/mol. The molecule has 8 aromatic carbocycles. The molecule has 3 atom stereocenters. The molecule has 9 aromatic rings. The standard InChI is InChI=1S/C55H41NO/c1-3-11-37(12-4-1)40-23-30-52(49(32-40)39-13-5-2-6-14-39)56(44-27-29-48-47-16-8-10-18-53(47)57-54(48)34-44)43-25-20-38(21-26-43)41-22-28-46-45-15-7-9-17-50(45)55(51(46)33-41)35-36-19-24-42(55)31-36/h1-18,20-23,25-30,32-34,36,42H,19,24,31,35H2. The number of fused-ring (bicyclic) bond motifs is 11. The van der Waals surface area contributed by atoms with Gasteiger partial charge in [0, 0.05) is 39.2 Å². The lowest BCUT2D eigenvalue weighted by Gasteiger charge is -2.36. The molecule has 3 aliphatic carbocycles. The van der Waals surface area contributed by atoms with E-state index in [2.05, 4.69) is 187 Å². The van der Waals surface area contributed by atoms with Crippen LogP contribution in [0.5, 0.6) is 0 Å². The second kappa shape index (κ2) is 12.7. The molecule has 1 aromatic heterocycles. The maximum absolute atomic E-state index is 6.47. The van der Waals surface area contributed by atoms with Crippen LogP contribution in [0.3, 0.4) is 0 Å². The Hall–Kier alpha value is -6.64. The summed E-state index contributed by atoms with van der Waals surface area (Å²) in [4.78, 5) is 2.40. The van der Waals surface area contributed by atoms with Crippen LogP contribution in [0.2, 0.25) is 0 Å². The van der Waals surface area contributed by atoms with Crippen LogP contribution >= 0.6 is 0 Å². The van der Waals surface area contributed by atoms with Crippen molar-refractivity contribution in [3.63, 3.8) is 0 Å². The van der Waals surface area contributed by atoms with Gasteiger partial charge in [-0.3, -0.25) is 0 Å².